The molecule has 1 fully saturated rings. The number of Topliss-reactive ketones (excluding diaryl/α,β-unsaturated/α-hetero) is 1. The molecule has 7 heteroatoms. The predicted octanol–water partition coefficient (Wildman–Crippen LogP) is 3.71. The Morgan fingerprint density at radius 3 is 2.75 bits per heavy atom. The minimum Gasteiger partial charge on any atom is -0.467 e. The van der Waals surface area contributed by atoms with Gasteiger partial charge in [0.25, 0.3) is 5.91 Å². The normalized spacial score (nSPS) is 20.0. The molecule has 3 amide bonds. The number of fused-ring (bicyclic) bond motifs is 2. The SMILES string of the molecule is Cc1cc(C(=O)CN2C(=O)N[C@@]3(CCCc4ccccc43)C2=O)c(C)n1Cc1ccco1. The number of furan rings is 1. The van der Waals surface area contributed by atoms with Crippen LogP contribution in [0.3, 0.4) is 0 Å². The van der Waals surface area contributed by atoms with Crippen LogP contribution < -0.4 is 5.32 Å². The lowest BCUT2D eigenvalue weighted by Gasteiger charge is -2.33. The van der Waals surface area contributed by atoms with E-state index in [9.17, 15) is 14.4 Å². The van der Waals surface area contributed by atoms with Crippen LogP contribution in [0, 0.1) is 13.8 Å². The van der Waals surface area contributed by atoms with Gasteiger partial charge in [0.15, 0.2) is 5.78 Å². The third-order valence-electron chi connectivity index (χ3n) is 6.72. The fraction of sp³-hybridized carbons (Fsp3) is 0.320. The van der Waals surface area contributed by atoms with Gasteiger partial charge in [-0.3, -0.25) is 14.5 Å². The molecule has 0 saturated carbocycles. The van der Waals surface area contributed by atoms with Crippen LogP contribution in [0.4, 0.5) is 4.79 Å². The average molecular weight is 431 g/mol. The van der Waals surface area contributed by atoms with Crippen LogP contribution in [-0.4, -0.2) is 33.7 Å². The number of rotatable bonds is 5. The van der Waals surface area contributed by atoms with Crippen molar-refractivity contribution < 1.29 is 18.8 Å². The van der Waals surface area contributed by atoms with E-state index >= 15 is 0 Å². The van der Waals surface area contributed by atoms with Crippen molar-refractivity contribution in [1.29, 1.82) is 0 Å². The zero-order valence-corrected chi connectivity index (χ0v) is 18.2. The van der Waals surface area contributed by atoms with Crippen molar-refractivity contribution in [2.45, 2.75) is 45.2 Å². The fourth-order valence-electron chi connectivity index (χ4n) is 5.07. The number of benzene rings is 1. The maximum Gasteiger partial charge on any atom is 0.325 e. The van der Waals surface area contributed by atoms with Crippen LogP contribution in [0.15, 0.2) is 53.1 Å². The molecule has 1 aliphatic heterocycles. The third-order valence-corrected chi connectivity index (χ3v) is 6.72. The number of nitrogens with one attached hydrogen (secondary N) is 1. The Kier molecular flexibility index (Phi) is 4.77. The first-order valence-electron chi connectivity index (χ1n) is 10.9. The summed E-state index contributed by atoms with van der Waals surface area (Å²) in [5.74, 6) is 0.193. The van der Waals surface area contributed by atoms with Gasteiger partial charge in [0.2, 0.25) is 0 Å². The number of carbonyl (C=O) groups excluding carboxylic acids is 3. The van der Waals surface area contributed by atoms with Gasteiger partial charge in [-0.2, -0.15) is 0 Å². The minimum absolute atomic E-state index is 0.256. The fourth-order valence-corrected chi connectivity index (χ4v) is 5.07. The van der Waals surface area contributed by atoms with Crippen LogP contribution >= 0.6 is 0 Å². The van der Waals surface area contributed by atoms with Crippen molar-refractivity contribution in [1.82, 2.24) is 14.8 Å². The van der Waals surface area contributed by atoms with Crippen molar-refractivity contribution in [3.05, 3.63) is 82.6 Å². The van der Waals surface area contributed by atoms with E-state index in [0.29, 0.717) is 18.5 Å². The number of aryl methyl sites for hydroxylation is 2. The summed E-state index contributed by atoms with van der Waals surface area (Å²) in [6, 6.07) is 12.7. The number of aromatic nitrogens is 1. The van der Waals surface area contributed by atoms with Gasteiger partial charge < -0.3 is 14.3 Å². The summed E-state index contributed by atoms with van der Waals surface area (Å²) < 4.78 is 7.43. The van der Waals surface area contributed by atoms with E-state index in [0.717, 1.165) is 46.0 Å². The van der Waals surface area contributed by atoms with Crippen LogP contribution in [0.25, 0.3) is 0 Å². The van der Waals surface area contributed by atoms with E-state index in [-0.39, 0.29) is 18.2 Å². The Morgan fingerprint density at radius 1 is 1.16 bits per heavy atom. The van der Waals surface area contributed by atoms with Crippen LogP contribution in [0.5, 0.6) is 0 Å². The first-order chi connectivity index (χ1) is 15.4. The molecule has 1 saturated heterocycles. The average Bonchev–Trinajstić information content (AvgIpc) is 3.46. The maximum absolute atomic E-state index is 13.5. The number of nitrogens with zero attached hydrogens (tertiary/aromatic N) is 2. The van der Waals surface area contributed by atoms with Crippen molar-refractivity contribution >= 4 is 17.7 Å². The topological polar surface area (TPSA) is 84.5 Å². The lowest BCUT2D eigenvalue weighted by molar-refractivity contribution is -0.131. The highest BCUT2D eigenvalue weighted by molar-refractivity contribution is 6.11. The molecule has 2 aromatic heterocycles. The molecule has 1 aromatic carbocycles. The van der Waals surface area contributed by atoms with Gasteiger partial charge in [-0.05, 0) is 62.4 Å². The molecule has 1 spiro atoms. The first-order valence-corrected chi connectivity index (χ1v) is 10.9. The number of amides is 3. The number of carbonyl (C=O) groups is 3. The number of hydrogen-bond acceptors (Lipinski definition) is 4. The first kappa shape index (κ1) is 20.3. The summed E-state index contributed by atoms with van der Waals surface area (Å²) in [5, 5.41) is 2.91. The molecule has 2 aliphatic rings. The Hall–Kier alpha value is -3.61. The summed E-state index contributed by atoms with van der Waals surface area (Å²) in [4.78, 5) is 40.6. The van der Waals surface area contributed by atoms with Gasteiger partial charge in [0, 0.05) is 17.0 Å². The monoisotopic (exact) mass is 431 g/mol. The second kappa shape index (κ2) is 7.51. The second-order valence-corrected chi connectivity index (χ2v) is 8.61. The molecule has 0 radical (unpaired) electrons. The smallest absolute Gasteiger partial charge is 0.325 e. The molecule has 3 aromatic rings. The van der Waals surface area contributed by atoms with Gasteiger partial charge >= 0.3 is 6.03 Å². The highest BCUT2D eigenvalue weighted by Gasteiger charge is 2.54. The molecule has 5 rings (SSSR count). The van der Waals surface area contributed by atoms with Gasteiger partial charge in [0.1, 0.15) is 11.3 Å². The van der Waals surface area contributed by atoms with Gasteiger partial charge in [-0.1, -0.05) is 24.3 Å². The van der Waals surface area contributed by atoms with E-state index in [1.165, 1.54) is 0 Å². The highest BCUT2D eigenvalue weighted by Crippen LogP contribution is 2.40. The second-order valence-electron chi connectivity index (χ2n) is 8.61. The summed E-state index contributed by atoms with van der Waals surface area (Å²) in [6.45, 7) is 4.03. The Balaban J connectivity index is 1.40. The maximum atomic E-state index is 13.5. The molecule has 1 N–H and O–H groups in total. The molecule has 164 valence electrons. The molecule has 7 nitrogen and oxygen atoms in total. The lowest BCUT2D eigenvalue weighted by Crippen LogP contribution is -2.46. The molecule has 1 atom stereocenters. The number of urea groups is 1. The molecular weight excluding hydrogens is 406 g/mol. The summed E-state index contributed by atoms with van der Waals surface area (Å²) in [5.41, 5.74) is 3.06. The van der Waals surface area contributed by atoms with Crippen molar-refractivity contribution in [2.24, 2.45) is 0 Å². The van der Waals surface area contributed by atoms with Gasteiger partial charge in [0.05, 0.1) is 19.4 Å². The van der Waals surface area contributed by atoms with Crippen molar-refractivity contribution in [3.63, 3.8) is 0 Å². The zero-order valence-electron chi connectivity index (χ0n) is 18.2. The molecular formula is C25H25N3O4. The molecule has 0 unspecified atom stereocenters. The Morgan fingerprint density at radius 2 is 1.97 bits per heavy atom. The van der Waals surface area contributed by atoms with Crippen molar-refractivity contribution in [3.8, 4) is 0 Å². The van der Waals surface area contributed by atoms with Crippen LogP contribution in [-0.2, 0) is 23.3 Å². The number of ketones is 1. The van der Waals surface area contributed by atoms with E-state index in [4.69, 9.17) is 4.42 Å². The van der Waals surface area contributed by atoms with Crippen LogP contribution in [0.2, 0.25) is 0 Å². The molecule has 1 aliphatic carbocycles. The van der Waals surface area contributed by atoms with Gasteiger partial charge in [-0.25, -0.2) is 4.79 Å². The van der Waals surface area contributed by atoms with Crippen molar-refractivity contribution in [2.75, 3.05) is 6.54 Å². The van der Waals surface area contributed by atoms with E-state index in [1.807, 2.05) is 60.9 Å². The largest absolute Gasteiger partial charge is 0.467 e. The lowest BCUT2D eigenvalue weighted by atomic mass is 9.76. The molecule has 32 heavy (non-hydrogen) atoms. The molecule has 3 heterocycles. The summed E-state index contributed by atoms with van der Waals surface area (Å²) >= 11 is 0. The number of imide groups is 1. The predicted molar refractivity (Wildman–Crippen MR) is 117 cm³/mol. The highest BCUT2D eigenvalue weighted by atomic mass is 16.3. The Labute approximate surface area is 186 Å². The standard InChI is InChI=1S/C25H25N3O4/c1-16-13-20(17(2)27(16)14-19-9-6-12-32-19)22(29)15-28-23(30)25(26-24(28)31)11-5-8-18-7-3-4-10-21(18)25/h3-4,6-7,9-10,12-13H,5,8,11,14-15H2,1-2H3,(H,26,31)/t25-/m1/s1. The van der Waals surface area contributed by atoms with Crippen LogP contribution in [0.1, 0.15) is 51.5 Å². The summed E-state index contributed by atoms with van der Waals surface area (Å²) in [6.07, 6.45) is 3.84. The minimum atomic E-state index is -1.07. The Bertz CT molecular complexity index is 1220. The quantitative estimate of drug-likeness (QED) is 0.493. The summed E-state index contributed by atoms with van der Waals surface area (Å²) in [7, 11) is 0. The van der Waals surface area contributed by atoms with E-state index < -0.39 is 11.6 Å². The number of hydrogen-bond donors (Lipinski definition) is 1. The zero-order chi connectivity index (χ0) is 22.5. The van der Waals surface area contributed by atoms with E-state index in [1.54, 1.807) is 6.26 Å². The molecule has 0 bridgehead atoms. The van der Waals surface area contributed by atoms with E-state index in [2.05, 4.69) is 5.32 Å². The third kappa shape index (κ3) is 3.07. The van der Waals surface area contributed by atoms with Gasteiger partial charge in [-0.15, -0.1) is 0 Å².